The van der Waals surface area contributed by atoms with Gasteiger partial charge in [-0.25, -0.2) is 0 Å². The number of anilines is 1. The Labute approximate surface area is 183 Å². The highest BCUT2D eigenvalue weighted by molar-refractivity contribution is 6.04. The van der Waals surface area contributed by atoms with E-state index in [0.717, 1.165) is 50.2 Å². The summed E-state index contributed by atoms with van der Waals surface area (Å²) in [5, 5.41) is 0. The molecule has 0 aliphatic carbocycles. The van der Waals surface area contributed by atoms with Crippen molar-refractivity contribution in [2.24, 2.45) is 0 Å². The van der Waals surface area contributed by atoms with Crippen LogP contribution in [0.5, 0.6) is 0 Å². The molecule has 0 aliphatic heterocycles. The lowest BCUT2D eigenvalue weighted by Gasteiger charge is -2.21. The van der Waals surface area contributed by atoms with Gasteiger partial charge in [-0.05, 0) is 39.4 Å². The molecule has 0 spiro atoms. The molecule has 31 heavy (non-hydrogen) atoms. The molecular formula is C30H23N. The molecule has 5 aromatic carbocycles. The minimum absolute atomic E-state index is 0.803. The van der Waals surface area contributed by atoms with Crippen molar-refractivity contribution >= 4 is 5.69 Å². The molecule has 0 fully saturated rings. The van der Waals surface area contributed by atoms with Crippen molar-refractivity contribution < 1.29 is 0 Å². The van der Waals surface area contributed by atoms with Crippen LogP contribution in [0.4, 0.5) is 5.69 Å². The Morgan fingerprint density at radius 3 is 0.968 bits per heavy atom. The fraction of sp³-hybridized carbons (Fsp3) is 0. The molecule has 2 N–H and O–H groups in total. The molecule has 0 atom stereocenters. The zero-order chi connectivity index (χ0) is 21.0. The maximum absolute atomic E-state index is 7.02. The predicted octanol–water partition coefficient (Wildman–Crippen LogP) is 7.94. The highest BCUT2D eigenvalue weighted by Gasteiger charge is 2.20. The second kappa shape index (κ2) is 8.33. The van der Waals surface area contributed by atoms with Crippen LogP contribution in [0.1, 0.15) is 0 Å². The summed E-state index contributed by atoms with van der Waals surface area (Å²) in [6, 6.07) is 44.2. The Balaban J connectivity index is 1.91. The molecule has 5 rings (SSSR count). The first-order valence-electron chi connectivity index (χ1n) is 10.5. The Morgan fingerprint density at radius 1 is 0.355 bits per heavy atom. The summed E-state index contributed by atoms with van der Waals surface area (Å²) in [6.45, 7) is 0. The average Bonchev–Trinajstić information content (AvgIpc) is 2.85. The minimum atomic E-state index is 0.803. The van der Waals surface area contributed by atoms with E-state index < -0.39 is 0 Å². The van der Waals surface area contributed by atoms with Gasteiger partial charge in [0.05, 0.1) is 0 Å². The Bertz CT molecular complexity index is 1190. The number of nitrogen functional groups attached to an aromatic ring is 1. The van der Waals surface area contributed by atoms with Crippen molar-refractivity contribution in [2.45, 2.75) is 0 Å². The Hall–Kier alpha value is -4.10. The molecule has 0 aliphatic rings. The first-order valence-corrected chi connectivity index (χ1v) is 10.5. The van der Waals surface area contributed by atoms with Crippen molar-refractivity contribution in [3.05, 3.63) is 127 Å². The van der Waals surface area contributed by atoms with Crippen molar-refractivity contribution in [2.75, 3.05) is 5.73 Å². The predicted molar refractivity (Wildman–Crippen MR) is 133 cm³/mol. The molecule has 0 unspecified atom stereocenters. The summed E-state index contributed by atoms with van der Waals surface area (Å²) < 4.78 is 0. The van der Waals surface area contributed by atoms with E-state index in [2.05, 4.69) is 103 Å². The largest absolute Gasteiger partial charge is 0.398 e. The molecule has 0 bridgehead atoms. The molecule has 0 heterocycles. The number of hydrogen-bond donors (Lipinski definition) is 1. The fourth-order valence-electron chi connectivity index (χ4n) is 4.23. The third-order valence-electron chi connectivity index (χ3n) is 5.66. The van der Waals surface area contributed by atoms with E-state index in [1.54, 1.807) is 0 Å². The quantitative estimate of drug-likeness (QED) is 0.306. The second-order valence-corrected chi connectivity index (χ2v) is 7.60. The lowest BCUT2D eigenvalue weighted by Crippen LogP contribution is -2.00. The number of benzene rings is 5. The highest BCUT2D eigenvalue weighted by atomic mass is 14.6. The van der Waals surface area contributed by atoms with E-state index in [1.807, 2.05) is 24.3 Å². The minimum Gasteiger partial charge on any atom is -0.398 e. The van der Waals surface area contributed by atoms with E-state index in [0.29, 0.717) is 0 Å². The van der Waals surface area contributed by atoms with Gasteiger partial charge in [-0.2, -0.15) is 0 Å². The molecule has 0 amide bonds. The number of nitrogens with two attached hydrogens (primary N) is 1. The summed E-state index contributed by atoms with van der Waals surface area (Å²) in [6.07, 6.45) is 0. The maximum atomic E-state index is 7.02. The zero-order valence-corrected chi connectivity index (χ0v) is 17.2. The van der Waals surface area contributed by atoms with Crippen LogP contribution < -0.4 is 5.73 Å². The van der Waals surface area contributed by atoms with Gasteiger partial charge in [-0.3, -0.25) is 0 Å². The third-order valence-corrected chi connectivity index (χ3v) is 5.66. The van der Waals surface area contributed by atoms with E-state index in [1.165, 1.54) is 0 Å². The molecule has 148 valence electrons. The number of rotatable bonds is 4. The van der Waals surface area contributed by atoms with Gasteiger partial charge in [0, 0.05) is 16.8 Å². The van der Waals surface area contributed by atoms with E-state index in [-0.39, 0.29) is 0 Å². The second-order valence-electron chi connectivity index (χ2n) is 7.60. The molecule has 0 radical (unpaired) electrons. The van der Waals surface area contributed by atoms with Crippen molar-refractivity contribution in [3.8, 4) is 44.5 Å². The van der Waals surface area contributed by atoms with E-state index in [9.17, 15) is 0 Å². The van der Waals surface area contributed by atoms with Gasteiger partial charge in [0.1, 0.15) is 0 Å². The van der Waals surface area contributed by atoms with Crippen LogP contribution in [0.15, 0.2) is 127 Å². The standard InChI is InChI=1S/C30H23N/c31-30-28(24-17-9-3-10-18-24)26(22-13-5-1-6-14-22)21-27(23-15-7-2-8-16-23)29(30)25-19-11-4-12-20-25/h1-21H,31H2. The van der Waals surface area contributed by atoms with E-state index >= 15 is 0 Å². The van der Waals surface area contributed by atoms with Crippen LogP contribution in [0.25, 0.3) is 44.5 Å². The first-order chi connectivity index (χ1) is 15.3. The Kier molecular flexibility index (Phi) is 5.08. The fourth-order valence-corrected chi connectivity index (χ4v) is 4.23. The zero-order valence-electron chi connectivity index (χ0n) is 17.2. The molecule has 1 heteroatoms. The summed E-state index contributed by atoms with van der Waals surface area (Å²) >= 11 is 0. The summed E-state index contributed by atoms with van der Waals surface area (Å²) in [5.74, 6) is 0. The molecule has 5 aromatic rings. The van der Waals surface area contributed by atoms with Crippen LogP contribution >= 0.6 is 0 Å². The van der Waals surface area contributed by atoms with Gasteiger partial charge in [-0.15, -0.1) is 0 Å². The normalized spacial score (nSPS) is 10.7. The maximum Gasteiger partial charge on any atom is 0.0486 e. The van der Waals surface area contributed by atoms with Gasteiger partial charge in [0.2, 0.25) is 0 Å². The highest BCUT2D eigenvalue weighted by Crippen LogP contribution is 2.47. The summed E-state index contributed by atoms with van der Waals surface area (Å²) in [4.78, 5) is 0. The van der Waals surface area contributed by atoms with Crippen LogP contribution in [-0.2, 0) is 0 Å². The van der Waals surface area contributed by atoms with Crippen LogP contribution in [0, 0.1) is 0 Å². The van der Waals surface area contributed by atoms with E-state index in [4.69, 9.17) is 5.73 Å². The SMILES string of the molecule is Nc1c(-c2ccccc2)c(-c2ccccc2)cc(-c2ccccc2)c1-c1ccccc1. The lowest BCUT2D eigenvalue weighted by atomic mass is 9.84. The molecule has 1 nitrogen and oxygen atoms in total. The van der Waals surface area contributed by atoms with Gasteiger partial charge in [0.15, 0.2) is 0 Å². The smallest absolute Gasteiger partial charge is 0.0486 e. The molecule has 0 saturated heterocycles. The van der Waals surface area contributed by atoms with Crippen LogP contribution in [0.2, 0.25) is 0 Å². The van der Waals surface area contributed by atoms with Gasteiger partial charge < -0.3 is 5.73 Å². The molecule has 0 aromatic heterocycles. The lowest BCUT2D eigenvalue weighted by molar-refractivity contribution is 1.54. The van der Waals surface area contributed by atoms with Crippen LogP contribution in [-0.4, -0.2) is 0 Å². The van der Waals surface area contributed by atoms with Crippen molar-refractivity contribution in [1.82, 2.24) is 0 Å². The Morgan fingerprint density at radius 2 is 0.645 bits per heavy atom. The average molecular weight is 398 g/mol. The molecule has 0 saturated carbocycles. The monoisotopic (exact) mass is 397 g/mol. The van der Waals surface area contributed by atoms with Gasteiger partial charge in [0.25, 0.3) is 0 Å². The van der Waals surface area contributed by atoms with Crippen molar-refractivity contribution in [3.63, 3.8) is 0 Å². The van der Waals surface area contributed by atoms with Crippen LogP contribution in [0.3, 0.4) is 0 Å². The van der Waals surface area contributed by atoms with Gasteiger partial charge >= 0.3 is 0 Å². The molecular weight excluding hydrogens is 374 g/mol. The van der Waals surface area contributed by atoms with Gasteiger partial charge in [-0.1, -0.05) is 121 Å². The summed E-state index contributed by atoms with van der Waals surface area (Å²) in [5.41, 5.74) is 16.8. The number of hydrogen-bond acceptors (Lipinski definition) is 1. The first kappa shape index (κ1) is 18.9. The summed E-state index contributed by atoms with van der Waals surface area (Å²) in [7, 11) is 0. The van der Waals surface area contributed by atoms with Crippen molar-refractivity contribution in [1.29, 1.82) is 0 Å². The topological polar surface area (TPSA) is 26.0 Å². The third kappa shape index (κ3) is 3.62.